The maximum absolute atomic E-state index is 12.1. The van der Waals surface area contributed by atoms with E-state index in [1.54, 1.807) is 7.11 Å². The van der Waals surface area contributed by atoms with Gasteiger partial charge in [0.1, 0.15) is 11.5 Å². The summed E-state index contributed by atoms with van der Waals surface area (Å²) in [6.07, 6.45) is -4.72. The average molecular weight is 353 g/mol. The highest BCUT2D eigenvalue weighted by Gasteiger charge is 2.30. The summed E-state index contributed by atoms with van der Waals surface area (Å²) in [7, 11) is 1.60. The maximum atomic E-state index is 12.1. The largest absolute Gasteiger partial charge is 0.573 e. The summed E-state index contributed by atoms with van der Waals surface area (Å²) in [5, 5.41) is 2.81. The Labute approximate surface area is 143 Å². The molecule has 0 bridgehead atoms. The molecule has 0 saturated carbocycles. The van der Waals surface area contributed by atoms with Crippen molar-refractivity contribution in [2.75, 3.05) is 12.4 Å². The van der Waals surface area contributed by atoms with Gasteiger partial charge >= 0.3 is 6.36 Å². The minimum atomic E-state index is -4.72. The predicted molar refractivity (Wildman–Crippen MR) is 89.8 cm³/mol. The summed E-state index contributed by atoms with van der Waals surface area (Å²) in [4.78, 5) is 4.20. The Kier molecular flexibility index (Phi) is 5.74. The second kappa shape index (κ2) is 7.78. The van der Waals surface area contributed by atoms with Crippen molar-refractivity contribution in [1.29, 1.82) is 0 Å². The zero-order chi connectivity index (χ0) is 18.4. The SMILES string of the molecule is COc1ccc(CN=C(N)Nc2ccc(OC(F)(F)F)cc2)cc1C. The minimum Gasteiger partial charge on any atom is -0.496 e. The van der Waals surface area contributed by atoms with Gasteiger partial charge in [-0.25, -0.2) is 4.99 Å². The van der Waals surface area contributed by atoms with Gasteiger partial charge in [-0.15, -0.1) is 13.2 Å². The van der Waals surface area contributed by atoms with Crippen LogP contribution >= 0.6 is 0 Å². The van der Waals surface area contributed by atoms with Gasteiger partial charge in [-0.05, 0) is 48.4 Å². The number of halogens is 3. The van der Waals surface area contributed by atoms with Crippen molar-refractivity contribution in [3.8, 4) is 11.5 Å². The van der Waals surface area contributed by atoms with Crippen molar-refractivity contribution in [3.63, 3.8) is 0 Å². The second-order valence-electron chi connectivity index (χ2n) is 5.20. The molecule has 25 heavy (non-hydrogen) atoms. The van der Waals surface area contributed by atoms with Crippen LogP contribution in [0.5, 0.6) is 11.5 Å². The van der Waals surface area contributed by atoms with Gasteiger partial charge in [0, 0.05) is 5.69 Å². The summed E-state index contributed by atoms with van der Waals surface area (Å²) in [6.45, 7) is 2.29. The third-order valence-electron chi connectivity index (χ3n) is 3.25. The molecular weight excluding hydrogens is 335 g/mol. The van der Waals surface area contributed by atoms with Gasteiger partial charge in [-0.2, -0.15) is 0 Å². The number of hydrogen-bond donors (Lipinski definition) is 2. The number of alkyl halides is 3. The van der Waals surface area contributed by atoms with Crippen molar-refractivity contribution in [2.45, 2.75) is 19.8 Å². The zero-order valence-electron chi connectivity index (χ0n) is 13.7. The predicted octanol–water partition coefficient (Wildman–Crippen LogP) is 3.83. The molecule has 0 aromatic heterocycles. The van der Waals surface area contributed by atoms with Crippen LogP contribution in [-0.4, -0.2) is 19.4 Å². The summed E-state index contributed by atoms with van der Waals surface area (Å²) in [6, 6.07) is 10.9. The fourth-order valence-electron chi connectivity index (χ4n) is 2.14. The highest BCUT2D eigenvalue weighted by molar-refractivity contribution is 5.92. The van der Waals surface area contributed by atoms with E-state index in [1.807, 2.05) is 25.1 Å². The normalized spacial score (nSPS) is 12.0. The number of guanidine groups is 1. The van der Waals surface area contributed by atoms with Gasteiger partial charge in [0.05, 0.1) is 13.7 Å². The van der Waals surface area contributed by atoms with Crippen LogP contribution in [0.1, 0.15) is 11.1 Å². The molecule has 0 heterocycles. The third-order valence-corrected chi connectivity index (χ3v) is 3.25. The highest BCUT2D eigenvalue weighted by Crippen LogP contribution is 2.24. The number of ether oxygens (including phenoxy) is 2. The number of methoxy groups -OCH3 is 1. The van der Waals surface area contributed by atoms with Crippen LogP contribution in [0.3, 0.4) is 0 Å². The molecule has 0 spiro atoms. The Hall–Kier alpha value is -2.90. The van der Waals surface area contributed by atoms with E-state index in [9.17, 15) is 13.2 Å². The lowest BCUT2D eigenvalue weighted by molar-refractivity contribution is -0.274. The number of nitrogens with zero attached hydrogens (tertiary/aromatic N) is 1. The Morgan fingerprint density at radius 1 is 1.16 bits per heavy atom. The fourth-order valence-corrected chi connectivity index (χ4v) is 2.14. The monoisotopic (exact) mass is 353 g/mol. The van der Waals surface area contributed by atoms with E-state index in [1.165, 1.54) is 24.3 Å². The Morgan fingerprint density at radius 2 is 1.84 bits per heavy atom. The van der Waals surface area contributed by atoms with E-state index in [0.29, 0.717) is 12.2 Å². The molecule has 5 nitrogen and oxygen atoms in total. The molecule has 0 aliphatic rings. The number of rotatable bonds is 5. The van der Waals surface area contributed by atoms with Crippen molar-refractivity contribution in [2.24, 2.45) is 10.7 Å². The van der Waals surface area contributed by atoms with Gasteiger partial charge in [-0.3, -0.25) is 0 Å². The summed E-state index contributed by atoms with van der Waals surface area (Å²) < 4.78 is 45.3. The molecule has 0 saturated heterocycles. The maximum Gasteiger partial charge on any atom is 0.573 e. The molecule has 0 fully saturated rings. The molecule has 0 atom stereocenters. The quantitative estimate of drug-likeness (QED) is 0.633. The lowest BCUT2D eigenvalue weighted by atomic mass is 10.1. The van der Waals surface area contributed by atoms with E-state index < -0.39 is 6.36 Å². The first-order valence-electron chi connectivity index (χ1n) is 7.33. The van der Waals surface area contributed by atoms with Crippen LogP contribution < -0.4 is 20.5 Å². The van der Waals surface area contributed by atoms with Crippen LogP contribution in [0, 0.1) is 6.92 Å². The van der Waals surface area contributed by atoms with Gasteiger partial charge in [-0.1, -0.05) is 12.1 Å². The standard InChI is InChI=1S/C17H18F3N3O2/c1-11-9-12(3-8-15(11)24-2)10-22-16(21)23-13-4-6-14(7-5-13)25-17(18,19)20/h3-9H,10H2,1-2H3,(H3,21,22,23). The van der Waals surface area contributed by atoms with Crippen LogP contribution in [0.2, 0.25) is 0 Å². The third kappa shape index (κ3) is 5.91. The molecule has 0 aliphatic heterocycles. The van der Waals surface area contributed by atoms with E-state index in [2.05, 4.69) is 15.0 Å². The molecule has 2 rings (SSSR count). The number of aliphatic imine (C=N–C) groups is 1. The molecular formula is C17H18F3N3O2. The molecule has 3 N–H and O–H groups in total. The van der Waals surface area contributed by atoms with E-state index in [4.69, 9.17) is 10.5 Å². The minimum absolute atomic E-state index is 0.151. The van der Waals surface area contributed by atoms with Crippen LogP contribution in [-0.2, 0) is 6.54 Å². The summed E-state index contributed by atoms with van der Waals surface area (Å²) >= 11 is 0. The molecule has 0 amide bonds. The molecule has 8 heteroatoms. The number of aryl methyl sites for hydroxylation is 1. The molecule has 134 valence electrons. The first kappa shape index (κ1) is 18.4. The van der Waals surface area contributed by atoms with E-state index in [0.717, 1.165) is 16.9 Å². The van der Waals surface area contributed by atoms with Crippen molar-refractivity contribution < 1.29 is 22.6 Å². The van der Waals surface area contributed by atoms with Crippen LogP contribution in [0.4, 0.5) is 18.9 Å². The lowest BCUT2D eigenvalue weighted by Crippen LogP contribution is -2.22. The van der Waals surface area contributed by atoms with Gasteiger partial charge in [0.2, 0.25) is 0 Å². The Morgan fingerprint density at radius 3 is 2.40 bits per heavy atom. The van der Waals surface area contributed by atoms with Gasteiger partial charge in [0.25, 0.3) is 0 Å². The van der Waals surface area contributed by atoms with Crippen molar-refractivity contribution in [1.82, 2.24) is 0 Å². The van der Waals surface area contributed by atoms with Gasteiger partial charge < -0.3 is 20.5 Å². The first-order chi connectivity index (χ1) is 11.8. The first-order valence-corrected chi connectivity index (χ1v) is 7.33. The number of anilines is 1. The number of nitrogens with two attached hydrogens (primary N) is 1. The fraction of sp³-hybridized carbons (Fsp3) is 0.235. The topological polar surface area (TPSA) is 68.9 Å². The summed E-state index contributed by atoms with van der Waals surface area (Å²) in [5.74, 6) is 0.639. The zero-order valence-corrected chi connectivity index (χ0v) is 13.7. The molecule has 0 radical (unpaired) electrons. The number of nitrogens with one attached hydrogen (secondary N) is 1. The Bertz CT molecular complexity index is 744. The molecule has 0 unspecified atom stereocenters. The van der Waals surface area contributed by atoms with Gasteiger partial charge in [0.15, 0.2) is 5.96 Å². The molecule has 0 aliphatic carbocycles. The number of hydrogen-bond acceptors (Lipinski definition) is 3. The number of benzene rings is 2. The molecule has 2 aromatic rings. The second-order valence-corrected chi connectivity index (χ2v) is 5.20. The van der Waals surface area contributed by atoms with E-state index in [-0.39, 0.29) is 11.7 Å². The highest BCUT2D eigenvalue weighted by atomic mass is 19.4. The Balaban J connectivity index is 1.95. The van der Waals surface area contributed by atoms with E-state index >= 15 is 0 Å². The smallest absolute Gasteiger partial charge is 0.496 e. The van der Waals surface area contributed by atoms with Crippen LogP contribution in [0.15, 0.2) is 47.5 Å². The van der Waals surface area contributed by atoms with Crippen molar-refractivity contribution in [3.05, 3.63) is 53.6 Å². The van der Waals surface area contributed by atoms with Crippen LogP contribution in [0.25, 0.3) is 0 Å². The average Bonchev–Trinajstić information content (AvgIpc) is 2.53. The lowest BCUT2D eigenvalue weighted by Gasteiger charge is -2.10. The molecule has 2 aromatic carbocycles. The summed E-state index contributed by atoms with van der Waals surface area (Å²) in [5.41, 5.74) is 8.24. The van der Waals surface area contributed by atoms with Crippen molar-refractivity contribution >= 4 is 11.6 Å².